The minimum Gasteiger partial charge on any atom is -0.301 e. The fourth-order valence-corrected chi connectivity index (χ4v) is 4.57. The Bertz CT molecular complexity index is 772. The number of amides is 1. The van der Waals surface area contributed by atoms with Crippen molar-refractivity contribution in [3.8, 4) is 0 Å². The highest BCUT2D eigenvalue weighted by Gasteiger charge is 2.25. The van der Waals surface area contributed by atoms with E-state index < -0.39 is 0 Å². The van der Waals surface area contributed by atoms with E-state index in [-0.39, 0.29) is 17.5 Å². The molecule has 3 N–H and O–H groups in total. The molecule has 1 atom stereocenters. The van der Waals surface area contributed by atoms with Crippen molar-refractivity contribution in [3.05, 3.63) is 26.9 Å². The number of aromatic nitrogens is 4. The van der Waals surface area contributed by atoms with E-state index >= 15 is 0 Å². The maximum Gasteiger partial charge on any atom is 0.340 e. The van der Waals surface area contributed by atoms with Gasteiger partial charge in [0, 0.05) is 17.3 Å². The zero-order chi connectivity index (χ0) is 16.5. The van der Waals surface area contributed by atoms with Gasteiger partial charge in [-0.1, -0.05) is 0 Å². The van der Waals surface area contributed by atoms with Crippen LogP contribution in [-0.2, 0) is 17.6 Å². The van der Waals surface area contributed by atoms with Crippen LogP contribution >= 0.6 is 11.3 Å². The summed E-state index contributed by atoms with van der Waals surface area (Å²) in [7, 11) is 0. The summed E-state index contributed by atoms with van der Waals surface area (Å²) in [4.78, 5) is 34.1. The van der Waals surface area contributed by atoms with Gasteiger partial charge in [-0.15, -0.1) is 11.3 Å². The topological polar surface area (TPSA) is 107 Å². The van der Waals surface area contributed by atoms with E-state index in [2.05, 4.69) is 30.4 Å². The van der Waals surface area contributed by atoms with Crippen molar-refractivity contribution in [2.24, 2.45) is 0 Å². The maximum absolute atomic E-state index is 12.3. The first-order valence-electron chi connectivity index (χ1n) is 8.33. The van der Waals surface area contributed by atoms with Crippen molar-refractivity contribution >= 4 is 22.4 Å². The van der Waals surface area contributed by atoms with Crippen molar-refractivity contribution in [1.82, 2.24) is 25.1 Å². The molecule has 8 nitrogen and oxygen atoms in total. The number of fused-ring (bicyclic) bond motifs is 1. The lowest BCUT2D eigenvalue weighted by molar-refractivity contribution is -0.117. The van der Waals surface area contributed by atoms with Crippen molar-refractivity contribution in [2.45, 2.75) is 38.0 Å². The van der Waals surface area contributed by atoms with Gasteiger partial charge in [0.05, 0.1) is 12.2 Å². The molecule has 1 aliphatic heterocycles. The summed E-state index contributed by atoms with van der Waals surface area (Å²) >= 11 is 1.60. The van der Waals surface area contributed by atoms with Crippen LogP contribution in [0.3, 0.4) is 0 Å². The number of hydrogen-bond donors (Lipinski definition) is 3. The van der Waals surface area contributed by atoms with E-state index in [0.717, 1.165) is 49.6 Å². The Morgan fingerprint density at radius 3 is 3.08 bits per heavy atom. The molecule has 1 aliphatic carbocycles. The van der Waals surface area contributed by atoms with E-state index in [0.29, 0.717) is 12.4 Å². The Morgan fingerprint density at radius 2 is 2.29 bits per heavy atom. The molecular formula is C15H20N6O2S. The monoisotopic (exact) mass is 348 g/mol. The van der Waals surface area contributed by atoms with Crippen LogP contribution < -0.4 is 11.0 Å². The second-order valence-electron chi connectivity index (χ2n) is 6.43. The zero-order valence-corrected chi connectivity index (χ0v) is 14.1. The number of hydrogen-bond acceptors (Lipinski definition) is 6. The van der Waals surface area contributed by atoms with Crippen molar-refractivity contribution < 1.29 is 4.79 Å². The molecule has 0 bridgehead atoms. The molecule has 2 aliphatic rings. The second kappa shape index (κ2) is 6.48. The number of thiazole rings is 1. The van der Waals surface area contributed by atoms with Gasteiger partial charge in [-0.3, -0.25) is 14.7 Å². The summed E-state index contributed by atoms with van der Waals surface area (Å²) in [6.45, 7) is 1.95. The molecular weight excluding hydrogens is 328 g/mol. The molecule has 1 fully saturated rings. The molecule has 2 aromatic heterocycles. The normalized spacial score (nSPS) is 20.9. The first-order valence-corrected chi connectivity index (χ1v) is 9.14. The lowest BCUT2D eigenvalue weighted by atomic mass is 9.97. The summed E-state index contributed by atoms with van der Waals surface area (Å²) in [6.07, 6.45) is 5.24. The van der Waals surface area contributed by atoms with E-state index in [9.17, 15) is 9.59 Å². The lowest BCUT2D eigenvalue weighted by Crippen LogP contribution is -2.40. The van der Waals surface area contributed by atoms with Gasteiger partial charge in [-0.25, -0.2) is 14.9 Å². The summed E-state index contributed by atoms with van der Waals surface area (Å²) in [5, 5.41) is 10.1. The third-order valence-corrected chi connectivity index (χ3v) is 5.69. The second-order valence-corrected chi connectivity index (χ2v) is 7.51. The third-order valence-electron chi connectivity index (χ3n) is 4.62. The van der Waals surface area contributed by atoms with Crippen molar-refractivity contribution in [1.29, 1.82) is 0 Å². The summed E-state index contributed by atoms with van der Waals surface area (Å²) in [5.41, 5.74) is 0.868. The summed E-state index contributed by atoms with van der Waals surface area (Å²) < 4.78 is 0. The fraction of sp³-hybridized carbons (Fsp3) is 0.600. The number of likely N-dealkylation sites (tertiary alicyclic amines) is 1. The smallest absolute Gasteiger partial charge is 0.301 e. The van der Waals surface area contributed by atoms with Gasteiger partial charge in [-0.2, -0.15) is 5.10 Å². The molecule has 3 heterocycles. The largest absolute Gasteiger partial charge is 0.340 e. The van der Waals surface area contributed by atoms with E-state index in [1.165, 1.54) is 11.3 Å². The molecule has 1 unspecified atom stereocenters. The van der Waals surface area contributed by atoms with Crippen molar-refractivity contribution in [2.75, 3.05) is 25.0 Å². The van der Waals surface area contributed by atoms with Gasteiger partial charge in [0.25, 0.3) is 0 Å². The van der Waals surface area contributed by atoms with Crippen molar-refractivity contribution in [3.63, 3.8) is 0 Å². The Kier molecular flexibility index (Phi) is 4.19. The van der Waals surface area contributed by atoms with Crippen LogP contribution in [0.1, 0.15) is 41.6 Å². The fourth-order valence-electron chi connectivity index (χ4n) is 3.50. The molecule has 128 valence electrons. The predicted molar refractivity (Wildman–Crippen MR) is 90.4 cm³/mol. The highest BCUT2D eigenvalue weighted by molar-refractivity contribution is 7.15. The van der Waals surface area contributed by atoms with Gasteiger partial charge in [0.15, 0.2) is 5.13 Å². The lowest BCUT2D eigenvalue weighted by Gasteiger charge is -2.30. The minimum atomic E-state index is -0.281. The molecule has 0 saturated carbocycles. The summed E-state index contributed by atoms with van der Waals surface area (Å²) in [5.74, 6) is 0.814. The molecule has 0 spiro atoms. The average molecular weight is 348 g/mol. The Morgan fingerprint density at radius 1 is 1.38 bits per heavy atom. The van der Waals surface area contributed by atoms with Crippen LogP contribution in [0.2, 0.25) is 0 Å². The SMILES string of the molecule is O=C(CN1CCCC(c2n[nH]c(=O)[nH]2)C1)Nc1nc2c(s1)CCC2. The molecule has 9 heteroatoms. The van der Waals surface area contributed by atoms with Gasteiger partial charge >= 0.3 is 5.69 Å². The number of rotatable bonds is 4. The van der Waals surface area contributed by atoms with Gasteiger partial charge < -0.3 is 5.32 Å². The van der Waals surface area contributed by atoms with E-state index in [4.69, 9.17) is 0 Å². The molecule has 1 amide bonds. The van der Waals surface area contributed by atoms with Crippen LogP contribution in [0, 0.1) is 0 Å². The van der Waals surface area contributed by atoms with Gasteiger partial charge in [0.2, 0.25) is 5.91 Å². The van der Waals surface area contributed by atoms with Crippen LogP contribution in [0.5, 0.6) is 0 Å². The Balaban J connectivity index is 1.34. The van der Waals surface area contributed by atoms with Gasteiger partial charge in [-0.05, 0) is 38.6 Å². The predicted octanol–water partition coefficient (Wildman–Crippen LogP) is 0.861. The molecule has 4 rings (SSSR count). The van der Waals surface area contributed by atoms with Crippen LogP contribution in [0.4, 0.5) is 5.13 Å². The minimum absolute atomic E-state index is 0.0291. The van der Waals surface area contributed by atoms with Crippen LogP contribution in [-0.4, -0.2) is 50.6 Å². The molecule has 2 aromatic rings. The van der Waals surface area contributed by atoms with Crippen LogP contribution in [0.15, 0.2) is 4.79 Å². The number of aromatic amines is 2. The number of nitrogens with one attached hydrogen (secondary N) is 3. The number of piperidine rings is 1. The summed E-state index contributed by atoms with van der Waals surface area (Å²) in [6, 6.07) is 0. The molecule has 0 radical (unpaired) electrons. The molecule has 1 saturated heterocycles. The van der Waals surface area contributed by atoms with Gasteiger partial charge in [0.1, 0.15) is 5.82 Å². The quantitative estimate of drug-likeness (QED) is 0.760. The highest BCUT2D eigenvalue weighted by atomic mass is 32.1. The van der Waals surface area contributed by atoms with E-state index in [1.54, 1.807) is 11.3 Å². The number of aryl methyl sites for hydroxylation is 2. The van der Waals surface area contributed by atoms with Crippen LogP contribution in [0.25, 0.3) is 0 Å². The maximum atomic E-state index is 12.3. The van der Waals surface area contributed by atoms with E-state index in [1.807, 2.05) is 0 Å². The standard InChI is InChI=1S/C15H20N6O2S/c22-12(17-15-16-10-4-1-5-11(10)24-15)8-21-6-2-3-9(7-21)13-18-14(23)20-19-13/h9H,1-8H2,(H,16,17,22)(H2,18,19,20,23). The Hall–Kier alpha value is -2.00. The first-order chi connectivity index (χ1) is 11.7. The highest BCUT2D eigenvalue weighted by Crippen LogP contribution is 2.30. The third kappa shape index (κ3) is 3.27. The number of nitrogens with zero attached hydrogens (tertiary/aromatic N) is 3. The molecule has 0 aromatic carbocycles. The number of H-pyrrole nitrogens is 2. The molecule has 24 heavy (non-hydrogen) atoms. The Labute approximate surface area is 142 Å². The zero-order valence-electron chi connectivity index (χ0n) is 13.3. The average Bonchev–Trinajstić information content (AvgIpc) is 3.23. The number of anilines is 1. The number of carbonyl (C=O) groups excluding carboxylic acids is 1. The first kappa shape index (κ1) is 15.5. The number of carbonyl (C=O) groups is 1.